The van der Waals surface area contributed by atoms with Gasteiger partial charge in [0.05, 0.1) is 17.8 Å². The highest BCUT2D eigenvalue weighted by molar-refractivity contribution is 5.93. The summed E-state index contributed by atoms with van der Waals surface area (Å²) in [6.45, 7) is 7.65. The highest BCUT2D eigenvalue weighted by Crippen LogP contribution is 2.30. The van der Waals surface area contributed by atoms with Gasteiger partial charge in [0.25, 0.3) is 5.91 Å². The van der Waals surface area contributed by atoms with Crippen molar-refractivity contribution in [3.63, 3.8) is 0 Å². The molecule has 0 saturated heterocycles. The van der Waals surface area contributed by atoms with Gasteiger partial charge in [0, 0.05) is 49.2 Å². The first-order valence-electron chi connectivity index (χ1n) is 14.4. The zero-order chi connectivity index (χ0) is 28.3. The topological polar surface area (TPSA) is 75.1 Å². The Bertz CT molecular complexity index is 1450. The lowest BCUT2D eigenvalue weighted by molar-refractivity contribution is 0.0933. The van der Waals surface area contributed by atoms with Crippen molar-refractivity contribution in [2.24, 2.45) is 5.92 Å². The molecular formula is C33H42N6O. The van der Waals surface area contributed by atoms with Crippen LogP contribution in [0.2, 0.25) is 0 Å². The highest BCUT2D eigenvalue weighted by Gasteiger charge is 2.25. The lowest BCUT2D eigenvalue weighted by Gasteiger charge is -2.30. The van der Waals surface area contributed by atoms with Crippen LogP contribution in [0.25, 0.3) is 10.9 Å². The third-order valence-corrected chi connectivity index (χ3v) is 7.88. The van der Waals surface area contributed by atoms with Gasteiger partial charge in [-0.1, -0.05) is 69.3 Å². The van der Waals surface area contributed by atoms with Crippen LogP contribution in [-0.4, -0.2) is 47.4 Å². The number of benzene rings is 2. The zero-order valence-electron chi connectivity index (χ0n) is 24.4. The van der Waals surface area contributed by atoms with E-state index in [1.807, 2.05) is 35.0 Å². The molecule has 2 N–H and O–H groups in total. The maximum Gasteiger partial charge on any atom is 0.269 e. The molecule has 1 aliphatic rings. The number of carbonyl (C=O) groups excluding carboxylic acids is 1. The SMILES string of the molecule is CN(C)c1cc(N[C@H]2CC[C@@H](CNC(=O)c3cc(C(C)(C)C)nn3Cc3ccccc3)CC2)nc2ccccc12. The fourth-order valence-electron chi connectivity index (χ4n) is 5.49. The Kier molecular flexibility index (Phi) is 8.10. The van der Waals surface area contributed by atoms with Crippen LogP contribution < -0.4 is 15.5 Å². The Morgan fingerprint density at radius 3 is 2.38 bits per heavy atom. The van der Waals surface area contributed by atoms with Gasteiger partial charge in [0.15, 0.2) is 0 Å². The van der Waals surface area contributed by atoms with Crippen molar-refractivity contribution in [3.05, 3.63) is 83.7 Å². The van der Waals surface area contributed by atoms with Crippen molar-refractivity contribution in [2.45, 2.75) is 64.5 Å². The Hall–Kier alpha value is -3.87. The monoisotopic (exact) mass is 538 g/mol. The van der Waals surface area contributed by atoms with E-state index < -0.39 is 0 Å². The molecule has 7 nitrogen and oxygen atoms in total. The largest absolute Gasteiger partial charge is 0.377 e. The molecule has 2 aromatic carbocycles. The van der Waals surface area contributed by atoms with Crippen molar-refractivity contribution in [3.8, 4) is 0 Å². The molecule has 1 saturated carbocycles. The van der Waals surface area contributed by atoms with Gasteiger partial charge in [0.1, 0.15) is 11.5 Å². The summed E-state index contributed by atoms with van der Waals surface area (Å²) in [5.74, 6) is 1.35. The standard InChI is InChI=1S/C33H42N6O/c1-33(2,3)30-19-29(39(37-30)22-24-11-7-6-8-12-24)32(40)34-21-23-15-17-25(18-16-23)35-31-20-28(38(4)5)26-13-9-10-14-27(26)36-31/h6-14,19-20,23,25H,15-18,21-22H2,1-5H3,(H,34,40)(H,35,36)/t23-,25+. The highest BCUT2D eigenvalue weighted by atomic mass is 16.2. The van der Waals surface area contributed by atoms with Gasteiger partial charge in [-0.2, -0.15) is 5.10 Å². The smallest absolute Gasteiger partial charge is 0.269 e. The molecular weight excluding hydrogens is 496 g/mol. The maximum absolute atomic E-state index is 13.3. The number of fused-ring (bicyclic) bond motifs is 1. The van der Waals surface area contributed by atoms with Gasteiger partial charge < -0.3 is 15.5 Å². The first kappa shape index (κ1) is 27.7. The molecule has 0 unspecified atom stereocenters. The molecule has 2 aromatic heterocycles. The number of nitrogens with one attached hydrogen (secondary N) is 2. The minimum atomic E-state index is -0.129. The predicted molar refractivity (Wildman–Crippen MR) is 164 cm³/mol. The van der Waals surface area contributed by atoms with Gasteiger partial charge in [-0.05, 0) is 49.3 Å². The van der Waals surface area contributed by atoms with Crippen LogP contribution in [0.15, 0.2) is 66.7 Å². The number of carbonyl (C=O) groups is 1. The summed E-state index contributed by atoms with van der Waals surface area (Å²) >= 11 is 0. The molecule has 4 aromatic rings. The van der Waals surface area contributed by atoms with E-state index in [1.54, 1.807) is 0 Å². The number of hydrogen-bond donors (Lipinski definition) is 2. The third-order valence-electron chi connectivity index (χ3n) is 7.88. The molecule has 210 valence electrons. The van der Waals surface area contributed by atoms with E-state index in [2.05, 4.69) is 86.8 Å². The molecule has 2 heterocycles. The van der Waals surface area contributed by atoms with Crippen molar-refractivity contribution >= 4 is 28.3 Å². The first-order valence-corrected chi connectivity index (χ1v) is 14.4. The van der Waals surface area contributed by atoms with Crippen molar-refractivity contribution in [1.82, 2.24) is 20.1 Å². The summed E-state index contributed by atoms with van der Waals surface area (Å²) in [7, 11) is 4.15. The second-order valence-corrected chi connectivity index (χ2v) is 12.3. The van der Waals surface area contributed by atoms with Gasteiger partial charge >= 0.3 is 0 Å². The number of amides is 1. The van der Waals surface area contributed by atoms with Crippen LogP contribution in [0.5, 0.6) is 0 Å². The fourth-order valence-corrected chi connectivity index (χ4v) is 5.49. The van der Waals surface area contributed by atoms with E-state index in [0.29, 0.717) is 30.7 Å². The molecule has 0 spiro atoms. The van der Waals surface area contributed by atoms with Crippen LogP contribution in [0.1, 0.15) is 68.2 Å². The van der Waals surface area contributed by atoms with E-state index in [1.165, 1.54) is 5.69 Å². The maximum atomic E-state index is 13.3. The third kappa shape index (κ3) is 6.46. The minimum Gasteiger partial charge on any atom is -0.377 e. The minimum absolute atomic E-state index is 0.0456. The summed E-state index contributed by atoms with van der Waals surface area (Å²) < 4.78 is 1.85. The number of nitrogens with zero attached hydrogens (tertiary/aromatic N) is 4. The number of anilines is 2. The Labute approximate surface area is 238 Å². The molecule has 40 heavy (non-hydrogen) atoms. The van der Waals surface area contributed by atoms with E-state index in [9.17, 15) is 4.79 Å². The second-order valence-electron chi connectivity index (χ2n) is 12.3. The van der Waals surface area contributed by atoms with Crippen LogP contribution in [0.4, 0.5) is 11.5 Å². The average molecular weight is 539 g/mol. The number of pyridine rings is 1. The predicted octanol–water partition coefficient (Wildman–Crippen LogP) is 6.24. The van der Waals surface area contributed by atoms with E-state index in [4.69, 9.17) is 10.1 Å². The van der Waals surface area contributed by atoms with E-state index >= 15 is 0 Å². The average Bonchev–Trinajstić information content (AvgIpc) is 3.37. The summed E-state index contributed by atoms with van der Waals surface area (Å²) in [5, 5.41) is 12.9. The number of aromatic nitrogens is 3. The molecule has 0 radical (unpaired) electrons. The molecule has 1 amide bonds. The lowest BCUT2D eigenvalue weighted by atomic mass is 9.86. The van der Waals surface area contributed by atoms with Crippen molar-refractivity contribution in [2.75, 3.05) is 30.9 Å². The normalized spacial score (nSPS) is 17.5. The van der Waals surface area contributed by atoms with E-state index in [-0.39, 0.29) is 11.3 Å². The Balaban J connectivity index is 1.18. The Morgan fingerprint density at radius 1 is 0.975 bits per heavy atom. The summed E-state index contributed by atoms with van der Waals surface area (Å²) in [5.41, 5.74) is 4.74. The molecule has 7 heteroatoms. The summed E-state index contributed by atoms with van der Waals surface area (Å²) in [6, 6.07) is 23.0. The van der Waals surface area contributed by atoms with E-state index in [0.717, 1.165) is 53.7 Å². The summed E-state index contributed by atoms with van der Waals surface area (Å²) in [4.78, 5) is 20.4. The Morgan fingerprint density at radius 2 is 1.68 bits per heavy atom. The molecule has 1 fully saturated rings. The number of rotatable bonds is 8. The first-order chi connectivity index (χ1) is 19.2. The van der Waals surface area contributed by atoms with Crippen LogP contribution in [0, 0.1) is 5.92 Å². The molecule has 0 aliphatic heterocycles. The molecule has 0 atom stereocenters. The lowest BCUT2D eigenvalue weighted by Crippen LogP contribution is -2.35. The zero-order valence-corrected chi connectivity index (χ0v) is 24.4. The summed E-state index contributed by atoms with van der Waals surface area (Å²) in [6.07, 6.45) is 4.27. The number of para-hydroxylation sites is 1. The van der Waals surface area contributed by atoms with Crippen LogP contribution in [0.3, 0.4) is 0 Å². The van der Waals surface area contributed by atoms with Crippen LogP contribution in [-0.2, 0) is 12.0 Å². The fraction of sp³-hybridized carbons (Fsp3) is 0.424. The van der Waals surface area contributed by atoms with Gasteiger partial charge in [0.2, 0.25) is 0 Å². The van der Waals surface area contributed by atoms with Gasteiger partial charge in [-0.15, -0.1) is 0 Å². The van der Waals surface area contributed by atoms with Gasteiger partial charge in [-0.3, -0.25) is 9.48 Å². The second kappa shape index (κ2) is 11.7. The number of hydrogen-bond acceptors (Lipinski definition) is 5. The van der Waals surface area contributed by atoms with Gasteiger partial charge in [-0.25, -0.2) is 4.98 Å². The quantitative estimate of drug-likeness (QED) is 0.278. The van der Waals surface area contributed by atoms with Crippen molar-refractivity contribution in [1.29, 1.82) is 0 Å². The molecule has 1 aliphatic carbocycles. The molecule has 0 bridgehead atoms. The van der Waals surface area contributed by atoms with Crippen LogP contribution >= 0.6 is 0 Å². The molecule has 5 rings (SSSR count). The van der Waals surface area contributed by atoms with Crippen molar-refractivity contribution < 1.29 is 4.79 Å².